The van der Waals surface area contributed by atoms with Crippen molar-refractivity contribution < 1.29 is 9.53 Å². The van der Waals surface area contributed by atoms with Gasteiger partial charge in [0.05, 0.1) is 19.7 Å². The van der Waals surface area contributed by atoms with Crippen molar-refractivity contribution in [1.29, 1.82) is 0 Å². The summed E-state index contributed by atoms with van der Waals surface area (Å²) >= 11 is 3.34. The molecular weight excluding hydrogens is 314 g/mol. The number of hydrogen-bond donors (Lipinski definition) is 0. The second-order valence-electron chi connectivity index (χ2n) is 5.19. The standard InChI is InChI=1S/C17H23NO2S2/c1-2-3-4-5-10-20-17(19)18(13-15-8-6-11-21-15)14-16-9-7-12-22-16/h6-9,11-12H,2-5,10,13-14H2,1H3. The Kier molecular flexibility index (Phi) is 7.46. The van der Waals surface area contributed by atoms with E-state index in [1.807, 2.05) is 22.9 Å². The Bertz CT molecular complexity index is 487. The van der Waals surface area contributed by atoms with Crippen molar-refractivity contribution in [3.05, 3.63) is 44.8 Å². The summed E-state index contributed by atoms with van der Waals surface area (Å²) in [5.74, 6) is 0. The van der Waals surface area contributed by atoms with E-state index < -0.39 is 0 Å². The van der Waals surface area contributed by atoms with Gasteiger partial charge in [-0.3, -0.25) is 4.90 Å². The van der Waals surface area contributed by atoms with Crippen molar-refractivity contribution in [1.82, 2.24) is 4.90 Å². The number of thiophene rings is 2. The van der Waals surface area contributed by atoms with Gasteiger partial charge in [0.15, 0.2) is 0 Å². The molecule has 0 aliphatic heterocycles. The maximum atomic E-state index is 12.3. The van der Waals surface area contributed by atoms with Crippen molar-refractivity contribution in [2.45, 2.75) is 45.7 Å². The third kappa shape index (κ3) is 5.81. The van der Waals surface area contributed by atoms with Gasteiger partial charge < -0.3 is 4.74 Å². The van der Waals surface area contributed by atoms with E-state index in [0.29, 0.717) is 19.7 Å². The summed E-state index contributed by atoms with van der Waals surface area (Å²) in [5, 5.41) is 4.07. The minimum atomic E-state index is -0.210. The summed E-state index contributed by atoms with van der Waals surface area (Å²) in [6.07, 6.45) is 4.26. The average Bonchev–Trinajstić information content (AvgIpc) is 3.20. The van der Waals surface area contributed by atoms with Gasteiger partial charge >= 0.3 is 6.09 Å². The van der Waals surface area contributed by atoms with E-state index in [2.05, 4.69) is 19.1 Å². The molecule has 5 heteroatoms. The molecule has 2 aromatic rings. The zero-order valence-corrected chi connectivity index (χ0v) is 14.6. The molecule has 0 aromatic carbocycles. The zero-order valence-electron chi connectivity index (χ0n) is 13.0. The van der Waals surface area contributed by atoms with Gasteiger partial charge in [-0.1, -0.05) is 38.3 Å². The molecule has 2 heterocycles. The van der Waals surface area contributed by atoms with E-state index in [4.69, 9.17) is 4.74 Å². The molecule has 0 aliphatic rings. The van der Waals surface area contributed by atoms with Crippen LogP contribution in [0.5, 0.6) is 0 Å². The molecule has 120 valence electrons. The van der Waals surface area contributed by atoms with Gasteiger partial charge in [-0.05, 0) is 29.3 Å². The molecule has 0 unspecified atom stereocenters. The first-order chi connectivity index (χ1) is 10.8. The highest BCUT2D eigenvalue weighted by Gasteiger charge is 2.17. The van der Waals surface area contributed by atoms with Gasteiger partial charge in [0, 0.05) is 9.75 Å². The first-order valence-electron chi connectivity index (χ1n) is 7.76. The highest BCUT2D eigenvalue weighted by Crippen LogP contribution is 2.18. The lowest BCUT2D eigenvalue weighted by molar-refractivity contribution is 0.0961. The SMILES string of the molecule is CCCCCCOC(=O)N(Cc1cccs1)Cc1cccs1. The van der Waals surface area contributed by atoms with Crippen LogP contribution in [0, 0.1) is 0 Å². The van der Waals surface area contributed by atoms with Crippen LogP contribution in [0.25, 0.3) is 0 Å². The lowest BCUT2D eigenvalue weighted by Crippen LogP contribution is -2.30. The predicted octanol–water partition coefficient (Wildman–Crippen LogP) is 5.53. The fourth-order valence-corrected chi connectivity index (χ4v) is 3.58. The first kappa shape index (κ1) is 17.0. The number of nitrogens with zero attached hydrogens (tertiary/aromatic N) is 1. The fourth-order valence-electron chi connectivity index (χ4n) is 2.15. The largest absolute Gasteiger partial charge is 0.449 e. The van der Waals surface area contributed by atoms with Crippen LogP contribution >= 0.6 is 22.7 Å². The Morgan fingerprint density at radius 2 is 1.68 bits per heavy atom. The summed E-state index contributed by atoms with van der Waals surface area (Å²) in [6, 6.07) is 8.14. The molecule has 0 saturated carbocycles. The Labute approximate surface area is 140 Å². The van der Waals surface area contributed by atoms with E-state index in [1.165, 1.54) is 22.6 Å². The van der Waals surface area contributed by atoms with Crippen LogP contribution in [-0.2, 0) is 17.8 Å². The summed E-state index contributed by atoms with van der Waals surface area (Å²) in [5.41, 5.74) is 0. The highest BCUT2D eigenvalue weighted by molar-refractivity contribution is 7.10. The van der Waals surface area contributed by atoms with Crippen molar-refractivity contribution in [2.75, 3.05) is 6.61 Å². The van der Waals surface area contributed by atoms with Crippen LogP contribution in [0.2, 0.25) is 0 Å². The molecule has 2 aromatic heterocycles. The number of unbranched alkanes of at least 4 members (excludes halogenated alkanes) is 3. The molecule has 0 radical (unpaired) electrons. The predicted molar refractivity (Wildman–Crippen MR) is 93.4 cm³/mol. The van der Waals surface area contributed by atoms with Crippen LogP contribution in [0.15, 0.2) is 35.0 Å². The summed E-state index contributed by atoms with van der Waals surface area (Å²) in [7, 11) is 0. The van der Waals surface area contributed by atoms with Gasteiger partial charge in [0.1, 0.15) is 0 Å². The molecule has 0 N–H and O–H groups in total. The minimum absolute atomic E-state index is 0.210. The Hall–Kier alpha value is -1.33. The molecule has 0 aliphatic carbocycles. The summed E-state index contributed by atoms with van der Waals surface area (Å²) in [4.78, 5) is 16.5. The maximum Gasteiger partial charge on any atom is 0.410 e. The molecule has 22 heavy (non-hydrogen) atoms. The molecule has 0 fully saturated rings. The molecule has 2 rings (SSSR count). The van der Waals surface area contributed by atoms with Crippen molar-refractivity contribution in [2.24, 2.45) is 0 Å². The monoisotopic (exact) mass is 337 g/mol. The van der Waals surface area contributed by atoms with Gasteiger partial charge in [-0.2, -0.15) is 0 Å². The van der Waals surface area contributed by atoms with Crippen LogP contribution < -0.4 is 0 Å². The molecule has 1 amide bonds. The van der Waals surface area contributed by atoms with Crippen LogP contribution in [0.4, 0.5) is 4.79 Å². The maximum absolute atomic E-state index is 12.3. The van der Waals surface area contributed by atoms with Gasteiger partial charge in [0.25, 0.3) is 0 Å². The van der Waals surface area contributed by atoms with Crippen LogP contribution in [0.1, 0.15) is 42.4 Å². The molecule has 0 saturated heterocycles. The van der Waals surface area contributed by atoms with E-state index in [1.54, 1.807) is 27.6 Å². The van der Waals surface area contributed by atoms with E-state index in [0.717, 1.165) is 12.8 Å². The normalized spacial score (nSPS) is 10.6. The van der Waals surface area contributed by atoms with Crippen molar-refractivity contribution in [3.8, 4) is 0 Å². The second kappa shape index (κ2) is 9.64. The number of carbonyl (C=O) groups excluding carboxylic acids is 1. The second-order valence-corrected chi connectivity index (χ2v) is 7.25. The quantitative estimate of drug-likeness (QED) is 0.563. The fraction of sp³-hybridized carbons (Fsp3) is 0.471. The molecular formula is C17H23NO2S2. The lowest BCUT2D eigenvalue weighted by Gasteiger charge is -2.21. The molecule has 0 spiro atoms. The Morgan fingerprint density at radius 3 is 2.18 bits per heavy atom. The highest BCUT2D eigenvalue weighted by atomic mass is 32.1. The summed E-state index contributed by atoms with van der Waals surface area (Å²) < 4.78 is 5.44. The number of amides is 1. The first-order valence-corrected chi connectivity index (χ1v) is 9.52. The number of ether oxygens (including phenoxy) is 1. The zero-order chi connectivity index (χ0) is 15.6. The smallest absolute Gasteiger partial charge is 0.410 e. The number of rotatable bonds is 9. The lowest BCUT2D eigenvalue weighted by atomic mass is 10.2. The van der Waals surface area contributed by atoms with Crippen molar-refractivity contribution >= 4 is 28.8 Å². The Balaban J connectivity index is 1.86. The Morgan fingerprint density at radius 1 is 1.05 bits per heavy atom. The average molecular weight is 338 g/mol. The topological polar surface area (TPSA) is 29.5 Å². The molecule has 0 atom stereocenters. The van der Waals surface area contributed by atoms with E-state index in [9.17, 15) is 4.79 Å². The third-order valence-corrected chi connectivity index (χ3v) is 5.06. The van der Waals surface area contributed by atoms with Crippen molar-refractivity contribution in [3.63, 3.8) is 0 Å². The third-order valence-electron chi connectivity index (χ3n) is 3.34. The van der Waals surface area contributed by atoms with Crippen LogP contribution in [-0.4, -0.2) is 17.6 Å². The number of carbonyl (C=O) groups is 1. The summed E-state index contributed by atoms with van der Waals surface area (Å²) in [6.45, 7) is 3.92. The number of hydrogen-bond acceptors (Lipinski definition) is 4. The van der Waals surface area contributed by atoms with Gasteiger partial charge in [-0.25, -0.2) is 4.79 Å². The van der Waals surface area contributed by atoms with Gasteiger partial charge in [-0.15, -0.1) is 22.7 Å². The van der Waals surface area contributed by atoms with Gasteiger partial charge in [0.2, 0.25) is 0 Å². The van der Waals surface area contributed by atoms with E-state index >= 15 is 0 Å². The van der Waals surface area contributed by atoms with E-state index in [-0.39, 0.29) is 6.09 Å². The molecule has 0 bridgehead atoms. The molecule has 3 nitrogen and oxygen atoms in total. The minimum Gasteiger partial charge on any atom is -0.449 e. The van der Waals surface area contributed by atoms with Crippen LogP contribution in [0.3, 0.4) is 0 Å².